The number of hydrogen-bond acceptors (Lipinski definition) is 1. The summed E-state index contributed by atoms with van der Waals surface area (Å²) in [5, 5.41) is 3.81. The zero-order valence-corrected chi connectivity index (χ0v) is 14.6. The zero-order valence-electron chi connectivity index (χ0n) is 13.8. The highest BCUT2D eigenvalue weighted by Crippen LogP contribution is 2.33. The molecule has 1 N–H and O–H groups in total. The molecular formula is C18H29ClFN. The van der Waals surface area contributed by atoms with Crippen LogP contribution >= 0.6 is 11.6 Å². The van der Waals surface area contributed by atoms with Gasteiger partial charge in [0.05, 0.1) is 5.02 Å². The third kappa shape index (κ3) is 5.96. The van der Waals surface area contributed by atoms with Crippen LogP contribution in [0.2, 0.25) is 5.02 Å². The minimum Gasteiger partial charge on any atom is -0.314 e. The van der Waals surface area contributed by atoms with E-state index in [1.165, 1.54) is 25.3 Å². The Kier molecular flexibility index (Phi) is 7.69. The molecule has 1 unspecified atom stereocenters. The number of rotatable bonds is 9. The van der Waals surface area contributed by atoms with Gasteiger partial charge in [-0.2, -0.15) is 0 Å². The van der Waals surface area contributed by atoms with Gasteiger partial charge in [-0.25, -0.2) is 4.39 Å². The number of halogens is 2. The van der Waals surface area contributed by atoms with Crippen LogP contribution in [-0.4, -0.2) is 12.6 Å². The predicted octanol–water partition coefficient (Wildman–Crippen LogP) is 5.61. The molecule has 0 aliphatic rings. The SMILES string of the molecule is CCCCC(CC)(CNC(C)C)Cc1ccc(F)c(Cl)c1. The number of hydrogen-bond donors (Lipinski definition) is 1. The van der Waals surface area contributed by atoms with Crippen LogP contribution in [0.25, 0.3) is 0 Å². The molecule has 0 aliphatic heterocycles. The van der Waals surface area contributed by atoms with Crippen molar-refractivity contribution >= 4 is 11.6 Å². The highest BCUT2D eigenvalue weighted by molar-refractivity contribution is 6.30. The molecule has 1 atom stereocenters. The van der Waals surface area contributed by atoms with Crippen molar-refractivity contribution in [3.05, 3.63) is 34.6 Å². The van der Waals surface area contributed by atoms with Crippen molar-refractivity contribution in [2.24, 2.45) is 5.41 Å². The van der Waals surface area contributed by atoms with Gasteiger partial charge in [-0.05, 0) is 42.4 Å². The van der Waals surface area contributed by atoms with Crippen LogP contribution in [0.4, 0.5) is 4.39 Å². The summed E-state index contributed by atoms with van der Waals surface area (Å²) in [6, 6.07) is 5.61. The second-order valence-electron chi connectivity index (χ2n) is 6.42. The van der Waals surface area contributed by atoms with E-state index in [1.807, 2.05) is 6.07 Å². The maximum atomic E-state index is 13.3. The van der Waals surface area contributed by atoms with E-state index in [1.54, 1.807) is 6.07 Å². The van der Waals surface area contributed by atoms with Crippen LogP contribution < -0.4 is 5.32 Å². The molecule has 0 radical (unpaired) electrons. The second kappa shape index (κ2) is 8.75. The quantitative estimate of drug-likeness (QED) is 0.625. The van der Waals surface area contributed by atoms with E-state index < -0.39 is 0 Å². The second-order valence-corrected chi connectivity index (χ2v) is 6.83. The highest BCUT2D eigenvalue weighted by atomic mass is 35.5. The summed E-state index contributed by atoms with van der Waals surface area (Å²) in [5.74, 6) is -0.337. The Morgan fingerprint density at radius 1 is 1.29 bits per heavy atom. The van der Waals surface area contributed by atoms with Gasteiger partial charge in [-0.3, -0.25) is 0 Å². The Balaban J connectivity index is 2.89. The molecule has 0 aliphatic carbocycles. The molecule has 1 nitrogen and oxygen atoms in total. The Morgan fingerprint density at radius 2 is 2.00 bits per heavy atom. The van der Waals surface area contributed by atoms with Gasteiger partial charge in [-0.15, -0.1) is 0 Å². The zero-order chi connectivity index (χ0) is 15.9. The van der Waals surface area contributed by atoms with Gasteiger partial charge in [0.2, 0.25) is 0 Å². The predicted molar refractivity (Wildman–Crippen MR) is 90.5 cm³/mol. The Labute approximate surface area is 134 Å². The molecule has 120 valence electrons. The summed E-state index contributed by atoms with van der Waals surface area (Å²) >= 11 is 5.93. The summed E-state index contributed by atoms with van der Waals surface area (Å²) in [4.78, 5) is 0. The van der Waals surface area contributed by atoms with Crippen molar-refractivity contribution in [1.29, 1.82) is 0 Å². The monoisotopic (exact) mass is 313 g/mol. The van der Waals surface area contributed by atoms with Gasteiger partial charge in [0.15, 0.2) is 0 Å². The van der Waals surface area contributed by atoms with Crippen molar-refractivity contribution in [2.45, 2.75) is 65.8 Å². The third-order valence-corrected chi connectivity index (χ3v) is 4.55. The molecule has 21 heavy (non-hydrogen) atoms. The van der Waals surface area contributed by atoms with E-state index in [0.717, 1.165) is 24.9 Å². The van der Waals surface area contributed by atoms with Gasteiger partial charge in [0, 0.05) is 12.6 Å². The van der Waals surface area contributed by atoms with Crippen LogP contribution in [0.1, 0.15) is 58.9 Å². The minimum absolute atomic E-state index is 0.224. The molecule has 1 aromatic rings. The van der Waals surface area contributed by atoms with E-state index >= 15 is 0 Å². The van der Waals surface area contributed by atoms with Gasteiger partial charge in [-0.1, -0.05) is 58.2 Å². The van der Waals surface area contributed by atoms with Crippen molar-refractivity contribution in [2.75, 3.05) is 6.54 Å². The van der Waals surface area contributed by atoms with E-state index in [-0.39, 0.29) is 16.3 Å². The average Bonchev–Trinajstić information content (AvgIpc) is 2.46. The van der Waals surface area contributed by atoms with Crippen LogP contribution in [0.5, 0.6) is 0 Å². The molecule has 0 saturated carbocycles. The molecular weight excluding hydrogens is 285 g/mol. The summed E-state index contributed by atoms with van der Waals surface area (Å²) in [7, 11) is 0. The van der Waals surface area contributed by atoms with E-state index in [0.29, 0.717) is 6.04 Å². The van der Waals surface area contributed by atoms with Gasteiger partial charge < -0.3 is 5.32 Å². The maximum Gasteiger partial charge on any atom is 0.141 e. The topological polar surface area (TPSA) is 12.0 Å². The van der Waals surface area contributed by atoms with Crippen LogP contribution in [0, 0.1) is 11.2 Å². The van der Waals surface area contributed by atoms with Gasteiger partial charge >= 0.3 is 0 Å². The molecule has 1 aromatic carbocycles. The minimum atomic E-state index is -0.337. The van der Waals surface area contributed by atoms with Crippen LogP contribution in [-0.2, 0) is 6.42 Å². The molecule has 3 heteroatoms. The van der Waals surface area contributed by atoms with Crippen molar-refractivity contribution in [1.82, 2.24) is 5.32 Å². The Hall–Kier alpha value is -0.600. The van der Waals surface area contributed by atoms with Crippen molar-refractivity contribution < 1.29 is 4.39 Å². The first-order chi connectivity index (χ1) is 9.92. The molecule has 1 rings (SSSR count). The molecule has 0 saturated heterocycles. The first-order valence-electron chi connectivity index (χ1n) is 8.09. The largest absolute Gasteiger partial charge is 0.314 e. The lowest BCUT2D eigenvalue weighted by Crippen LogP contribution is -2.39. The molecule has 0 spiro atoms. The first-order valence-corrected chi connectivity index (χ1v) is 8.47. The fourth-order valence-corrected chi connectivity index (χ4v) is 2.92. The van der Waals surface area contributed by atoms with Gasteiger partial charge in [0.1, 0.15) is 5.82 Å². The fraction of sp³-hybridized carbons (Fsp3) is 0.667. The smallest absolute Gasteiger partial charge is 0.141 e. The van der Waals surface area contributed by atoms with E-state index in [2.05, 4.69) is 33.0 Å². The standard InChI is InChI=1S/C18H29ClFN/c1-5-7-10-18(6-2,13-21-14(3)4)12-15-8-9-17(20)16(19)11-15/h8-9,11,14,21H,5-7,10,12-13H2,1-4H3. The molecule has 0 bridgehead atoms. The molecule has 0 fully saturated rings. The average molecular weight is 314 g/mol. The maximum absolute atomic E-state index is 13.3. The van der Waals surface area contributed by atoms with E-state index in [9.17, 15) is 4.39 Å². The normalized spacial score (nSPS) is 14.4. The van der Waals surface area contributed by atoms with Crippen molar-refractivity contribution in [3.8, 4) is 0 Å². The number of benzene rings is 1. The van der Waals surface area contributed by atoms with Crippen molar-refractivity contribution in [3.63, 3.8) is 0 Å². The summed E-state index contributed by atoms with van der Waals surface area (Å²) in [6.45, 7) is 9.83. The first kappa shape index (κ1) is 18.4. The number of nitrogens with one attached hydrogen (secondary N) is 1. The molecule has 0 heterocycles. The highest BCUT2D eigenvalue weighted by Gasteiger charge is 2.28. The lowest BCUT2D eigenvalue weighted by molar-refractivity contribution is 0.223. The third-order valence-electron chi connectivity index (χ3n) is 4.26. The lowest BCUT2D eigenvalue weighted by Gasteiger charge is -2.34. The van der Waals surface area contributed by atoms with Crippen LogP contribution in [0.3, 0.4) is 0 Å². The fourth-order valence-electron chi connectivity index (χ4n) is 2.72. The summed E-state index contributed by atoms with van der Waals surface area (Å²) in [6.07, 6.45) is 5.68. The van der Waals surface area contributed by atoms with Gasteiger partial charge in [0.25, 0.3) is 0 Å². The summed E-state index contributed by atoms with van der Waals surface area (Å²) < 4.78 is 13.3. The molecule has 0 aromatic heterocycles. The van der Waals surface area contributed by atoms with E-state index in [4.69, 9.17) is 11.6 Å². The summed E-state index contributed by atoms with van der Waals surface area (Å²) in [5.41, 5.74) is 1.35. The Morgan fingerprint density at radius 3 is 2.52 bits per heavy atom. The number of unbranched alkanes of at least 4 members (excludes halogenated alkanes) is 1. The molecule has 0 amide bonds. The lowest BCUT2D eigenvalue weighted by atomic mass is 9.75. The van der Waals surface area contributed by atoms with Crippen LogP contribution in [0.15, 0.2) is 18.2 Å². The Bertz CT molecular complexity index is 433.